The molecule has 1 N–H and O–H groups in total. The number of likely N-dealkylation sites (N-methyl/N-ethyl adjacent to an activating group) is 1. The minimum absolute atomic E-state index is 0.0802. The topological polar surface area (TPSA) is 32.3 Å². The molecule has 1 amide bonds. The summed E-state index contributed by atoms with van der Waals surface area (Å²) in [6, 6.07) is 0.343. The maximum absolute atomic E-state index is 13.1. The monoisotopic (exact) mass is 260 g/mol. The summed E-state index contributed by atoms with van der Waals surface area (Å²) in [5, 5.41) is 3.34. The van der Waals surface area contributed by atoms with Crippen LogP contribution in [0.25, 0.3) is 0 Å². The summed E-state index contributed by atoms with van der Waals surface area (Å²) in [6.07, 6.45) is 2.14. The Morgan fingerprint density at radius 1 is 1.44 bits per heavy atom. The van der Waals surface area contributed by atoms with E-state index in [2.05, 4.69) is 5.32 Å². The fraction of sp³-hybridized carbons (Fsp3) is 0.923. The largest absolute Gasteiger partial charge is 0.341 e. The molecule has 0 aromatic heterocycles. The highest BCUT2D eigenvalue weighted by atomic mass is 19.3. The normalized spacial score (nSPS) is 30.6. The average molecular weight is 260 g/mol. The second-order valence-corrected chi connectivity index (χ2v) is 5.47. The Morgan fingerprint density at radius 2 is 2.22 bits per heavy atom. The molecule has 2 unspecified atom stereocenters. The van der Waals surface area contributed by atoms with Crippen molar-refractivity contribution in [1.82, 2.24) is 10.2 Å². The van der Waals surface area contributed by atoms with Gasteiger partial charge in [-0.05, 0) is 32.7 Å². The number of amides is 1. The molecule has 2 aliphatic rings. The first-order valence-corrected chi connectivity index (χ1v) is 6.92. The molecule has 0 bridgehead atoms. The van der Waals surface area contributed by atoms with Crippen LogP contribution in [0.4, 0.5) is 8.78 Å². The fourth-order valence-corrected chi connectivity index (χ4v) is 2.97. The molecule has 3 nitrogen and oxygen atoms in total. The van der Waals surface area contributed by atoms with Crippen molar-refractivity contribution in [2.45, 2.75) is 51.0 Å². The van der Waals surface area contributed by atoms with Gasteiger partial charge in [0, 0.05) is 37.9 Å². The van der Waals surface area contributed by atoms with Crippen LogP contribution in [0.5, 0.6) is 0 Å². The highest BCUT2D eigenvalue weighted by Crippen LogP contribution is 2.39. The zero-order valence-corrected chi connectivity index (χ0v) is 10.9. The Kier molecular flexibility index (Phi) is 4.20. The van der Waals surface area contributed by atoms with Crippen molar-refractivity contribution in [3.63, 3.8) is 0 Å². The van der Waals surface area contributed by atoms with Gasteiger partial charge in [-0.1, -0.05) is 0 Å². The van der Waals surface area contributed by atoms with Gasteiger partial charge in [-0.2, -0.15) is 0 Å². The molecular weight excluding hydrogens is 238 g/mol. The minimum Gasteiger partial charge on any atom is -0.341 e. The van der Waals surface area contributed by atoms with Gasteiger partial charge in [-0.3, -0.25) is 4.79 Å². The van der Waals surface area contributed by atoms with Crippen molar-refractivity contribution in [2.24, 2.45) is 5.92 Å². The molecule has 2 fully saturated rings. The molecule has 1 aliphatic heterocycles. The lowest BCUT2D eigenvalue weighted by atomic mass is 10.1. The second-order valence-electron chi connectivity index (χ2n) is 5.47. The Bertz CT molecular complexity index is 303. The van der Waals surface area contributed by atoms with Crippen LogP contribution >= 0.6 is 0 Å². The van der Waals surface area contributed by atoms with E-state index in [1.165, 1.54) is 0 Å². The number of carbonyl (C=O) groups is 1. The molecular formula is C13H22F2N2O. The van der Waals surface area contributed by atoms with Crippen LogP contribution in [0.2, 0.25) is 0 Å². The second kappa shape index (κ2) is 5.51. The number of hydrogen-bond acceptors (Lipinski definition) is 2. The molecule has 1 saturated heterocycles. The molecule has 5 heteroatoms. The zero-order valence-electron chi connectivity index (χ0n) is 10.9. The number of hydrogen-bond donors (Lipinski definition) is 1. The molecule has 1 heterocycles. The lowest BCUT2D eigenvalue weighted by Crippen LogP contribution is -2.43. The Morgan fingerprint density at radius 3 is 2.72 bits per heavy atom. The maximum Gasteiger partial charge on any atom is 0.248 e. The van der Waals surface area contributed by atoms with Crippen LogP contribution in [-0.4, -0.2) is 42.4 Å². The van der Waals surface area contributed by atoms with Gasteiger partial charge in [0.25, 0.3) is 0 Å². The van der Waals surface area contributed by atoms with E-state index in [1.54, 1.807) is 4.90 Å². The van der Waals surface area contributed by atoms with Gasteiger partial charge in [-0.15, -0.1) is 0 Å². The summed E-state index contributed by atoms with van der Waals surface area (Å²) in [4.78, 5) is 14.0. The van der Waals surface area contributed by atoms with Gasteiger partial charge in [0.1, 0.15) is 0 Å². The minimum atomic E-state index is -2.63. The zero-order chi connectivity index (χ0) is 13.2. The average Bonchev–Trinajstić information content (AvgIpc) is 2.94. The quantitative estimate of drug-likeness (QED) is 0.838. The number of nitrogens with one attached hydrogen (secondary N) is 1. The van der Waals surface area contributed by atoms with E-state index >= 15 is 0 Å². The molecule has 1 saturated carbocycles. The van der Waals surface area contributed by atoms with Gasteiger partial charge in [0.2, 0.25) is 11.8 Å². The van der Waals surface area contributed by atoms with E-state index in [1.807, 2.05) is 6.92 Å². The van der Waals surface area contributed by atoms with Crippen LogP contribution in [-0.2, 0) is 4.79 Å². The standard InChI is InChI=1S/C13H22F2N2O/c1-2-17(9-11-4-3-7-16-11)12(18)10-5-6-13(14,15)8-10/h10-11,16H,2-9H2,1H3. The van der Waals surface area contributed by atoms with E-state index in [0.29, 0.717) is 25.6 Å². The molecule has 0 spiro atoms. The molecule has 0 radical (unpaired) electrons. The third kappa shape index (κ3) is 3.19. The third-order valence-electron chi connectivity index (χ3n) is 4.05. The molecule has 0 aromatic rings. The van der Waals surface area contributed by atoms with Crippen molar-refractivity contribution >= 4 is 5.91 Å². The molecule has 104 valence electrons. The van der Waals surface area contributed by atoms with Crippen LogP contribution in [0.1, 0.15) is 39.0 Å². The molecule has 18 heavy (non-hydrogen) atoms. The van der Waals surface area contributed by atoms with Crippen molar-refractivity contribution < 1.29 is 13.6 Å². The van der Waals surface area contributed by atoms with Gasteiger partial charge in [0.05, 0.1) is 0 Å². The number of carbonyl (C=O) groups excluding carboxylic acids is 1. The summed E-state index contributed by atoms with van der Waals surface area (Å²) >= 11 is 0. The number of halogens is 2. The van der Waals surface area contributed by atoms with E-state index in [0.717, 1.165) is 19.4 Å². The summed E-state index contributed by atoms with van der Waals surface area (Å²) in [5.41, 5.74) is 0. The van der Waals surface area contributed by atoms with Crippen molar-refractivity contribution in [1.29, 1.82) is 0 Å². The third-order valence-corrected chi connectivity index (χ3v) is 4.05. The Balaban J connectivity index is 1.89. The highest BCUT2D eigenvalue weighted by Gasteiger charge is 2.43. The van der Waals surface area contributed by atoms with Crippen molar-refractivity contribution in [3.8, 4) is 0 Å². The van der Waals surface area contributed by atoms with E-state index in [9.17, 15) is 13.6 Å². The van der Waals surface area contributed by atoms with Crippen LogP contribution in [0.15, 0.2) is 0 Å². The van der Waals surface area contributed by atoms with Gasteiger partial charge in [-0.25, -0.2) is 8.78 Å². The number of nitrogens with zero attached hydrogens (tertiary/aromatic N) is 1. The van der Waals surface area contributed by atoms with E-state index in [-0.39, 0.29) is 18.7 Å². The fourth-order valence-electron chi connectivity index (χ4n) is 2.97. The highest BCUT2D eigenvalue weighted by molar-refractivity contribution is 5.79. The smallest absolute Gasteiger partial charge is 0.248 e. The van der Waals surface area contributed by atoms with Crippen LogP contribution < -0.4 is 5.32 Å². The Labute approximate surface area is 107 Å². The molecule has 2 rings (SSSR count). The molecule has 0 aromatic carbocycles. The molecule has 1 aliphatic carbocycles. The summed E-state index contributed by atoms with van der Waals surface area (Å²) in [6.45, 7) is 4.19. The van der Waals surface area contributed by atoms with Crippen LogP contribution in [0, 0.1) is 5.92 Å². The Hall–Kier alpha value is -0.710. The lowest BCUT2D eigenvalue weighted by molar-refractivity contribution is -0.136. The van der Waals surface area contributed by atoms with Crippen molar-refractivity contribution in [2.75, 3.05) is 19.6 Å². The molecule has 2 atom stereocenters. The SMILES string of the molecule is CCN(CC1CCCN1)C(=O)C1CCC(F)(F)C1. The first kappa shape index (κ1) is 13.7. The number of alkyl halides is 2. The van der Waals surface area contributed by atoms with Gasteiger partial charge >= 0.3 is 0 Å². The first-order chi connectivity index (χ1) is 8.52. The first-order valence-electron chi connectivity index (χ1n) is 6.92. The summed E-state index contributed by atoms with van der Waals surface area (Å²) in [7, 11) is 0. The van der Waals surface area contributed by atoms with Crippen LogP contribution in [0.3, 0.4) is 0 Å². The summed E-state index contributed by atoms with van der Waals surface area (Å²) in [5.74, 6) is -3.18. The van der Waals surface area contributed by atoms with Gasteiger partial charge < -0.3 is 10.2 Å². The van der Waals surface area contributed by atoms with Crippen molar-refractivity contribution in [3.05, 3.63) is 0 Å². The van der Waals surface area contributed by atoms with E-state index < -0.39 is 11.8 Å². The predicted molar refractivity (Wildman–Crippen MR) is 65.6 cm³/mol. The summed E-state index contributed by atoms with van der Waals surface area (Å²) < 4.78 is 26.3. The lowest BCUT2D eigenvalue weighted by Gasteiger charge is -2.27. The number of rotatable bonds is 4. The maximum atomic E-state index is 13.1. The predicted octanol–water partition coefficient (Wildman–Crippen LogP) is 2.02. The van der Waals surface area contributed by atoms with E-state index in [4.69, 9.17) is 0 Å². The van der Waals surface area contributed by atoms with Gasteiger partial charge in [0.15, 0.2) is 0 Å².